The molecule has 0 spiro atoms. The van der Waals surface area contributed by atoms with Crippen molar-refractivity contribution in [2.45, 2.75) is 58.2 Å². The first kappa shape index (κ1) is 15.7. The molecule has 122 valence electrons. The Bertz CT molecular complexity index is 625. The molecule has 22 heavy (non-hydrogen) atoms. The third-order valence-electron chi connectivity index (χ3n) is 5.17. The summed E-state index contributed by atoms with van der Waals surface area (Å²) in [6.45, 7) is 7.28. The highest BCUT2D eigenvalue weighted by molar-refractivity contribution is 5.51. The van der Waals surface area contributed by atoms with Gasteiger partial charge in [-0.05, 0) is 31.6 Å². The Balaban J connectivity index is 2.22. The van der Waals surface area contributed by atoms with Gasteiger partial charge in [-0.3, -0.25) is 0 Å². The van der Waals surface area contributed by atoms with E-state index >= 15 is 0 Å². The van der Waals surface area contributed by atoms with Crippen molar-refractivity contribution in [1.29, 1.82) is 0 Å². The van der Waals surface area contributed by atoms with Gasteiger partial charge in [0.25, 0.3) is 0 Å². The van der Waals surface area contributed by atoms with E-state index in [0.717, 1.165) is 0 Å². The maximum absolute atomic E-state index is 14.8. The molecule has 0 radical (unpaired) electrons. The molecule has 3 atom stereocenters. The van der Waals surface area contributed by atoms with E-state index in [2.05, 4.69) is 0 Å². The van der Waals surface area contributed by atoms with E-state index in [9.17, 15) is 13.2 Å². The minimum atomic E-state index is -1.23. The predicted molar refractivity (Wildman–Crippen MR) is 76.8 cm³/mol. The van der Waals surface area contributed by atoms with Crippen LogP contribution in [0.4, 0.5) is 13.2 Å². The van der Waals surface area contributed by atoms with Gasteiger partial charge in [0.2, 0.25) is 5.82 Å². The van der Waals surface area contributed by atoms with Crippen LogP contribution in [0.15, 0.2) is 0 Å². The molecule has 0 N–H and O–H groups in total. The summed E-state index contributed by atoms with van der Waals surface area (Å²) in [5, 5.41) is 0. The maximum Gasteiger partial charge on any atom is 0.204 e. The first-order valence-corrected chi connectivity index (χ1v) is 7.61. The van der Waals surface area contributed by atoms with E-state index in [1.165, 1.54) is 0 Å². The number of rotatable bonds is 3. The number of fused-ring (bicyclic) bond motifs is 5. The molecule has 5 heteroatoms. The van der Waals surface area contributed by atoms with E-state index in [-0.39, 0.29) is 34.5 Å². The average molecular weight is 314 g/mol. The number of benzene rings is 1. The van der Waals surface area contributed by atoms with Crippen LogP contribution in [0.5, 0.6) is 5.75 Å². The van der Waals surface area contributed by atoms with Gasteiger partial charge in [0.05, 0.1) is 12.2 Å². The lowest BCUT2D eigenvalue weighted by molar-refractivity contribution is 0.00635. The van der Waals surface area contributed by atoms with Crippen LogP contribution in [0.2, 0.25) is 0 Å². The van der Waals surface area contributed by atoms with Crippen molar-refractivity contribution in [3.63, 3.8) is 0 Å². The van der Waals surface area contributed by atoms with Crippen molar-refractivity contribution in [3.05, 3.63) is 28.6 Å². The van der Waals surface area contributed by atoms with Crippen molar-refractivity contribution in [2.24, 2.45) is 5.41 Å². The molecule has 2 aliphatic carbocycles. The fourth-order valence-corrected chi connectivity index (χ4v) is 4.34. The lowest BCUT2D eigenvalue weighted by Gasteiger charge is -2.38. The van der Waals surface area contributed by atoms with Gasteiger partial charge in [-0.1, -0.05) is 13.8 Å². The monoisotopic (exact) mass is 314 g/mol. The van der Waals surface area contributed by atoms with E-state index in [0.29, 0.717) is 6.42 Å². The molecular weight excluding hydrogens is 293 g/mol. The smallest absolute Gasteiger partial charge is 0.204 e. The van der Waals surface area contributed by atoms with Crippen molar-refractivity contribution in [2.75, 3.05) is 7.11 Å². The van der Waals surface area contributed by atoms with E-state index in [4.69, 9.17) is 9.47 Å². The minimum Gasteiger partial charge on any atom is -0.485 e. The number of halogens is 3. The zero-order chi connectivity index (χ0) is 16.4. The zero-order valence-electron chi connectivity index (χ0n) is 13.5. The minimum absolute atomic E-state index is 0.141. The molecule has 1 fully saturated rings. The van der Waals surface area contributed by atoms with Gasteiger partial charge < -0.3 is 9.47 Å². The Morgan fingerprint density at radius 3 is 2.23 bits per heavy atom. The second-order valence-electron chi connectivity index (χ2n) is 7.14. The molecule has 2 bridgehead atoms. The van der Waals surface area contributed by atoms with Crippen LogP contribution in [-0.2, 0) is 4.74 Å². The Morgan fingerprint density at radius 1 is 1.05 bits per heavy atom. The fourth-order valence-electron chi connectivity index (χ4n) is 4.34. The van der Waals surface area contributed by atoms with Gasteiger partial charge in [0.15, 0.2) is 17.4 Å². The van der Waals surface area contributed by atoms with Crippen molar-refractivity contribution < 1.29 is 22.6 Å². The van der Waals surface area contributed by atoms with Gasteiger partial charge in [-0.25, -0.2) is 8.78 Å². The second-order valence-corrected chi connectivity index (χ2v) is 7.14. The molecule has 3 rings (SSSR count). The summed E-state index contributed by atoms with van der Waals surface area (Å²) < 4.78 is 54.3. The van der Waals surface area contributed by atoms with Crippen molar-refractivity contribution in [1.82, 2.24) is 0 Å². The molecule has 2 aliphatic rings. The third-order valence-corrected chi connectivity index (χ3v) is 5.17. The SMILES string of the molecule is CO[C@@H]1[C@H]2C[C@H](c3c(F)c(OC(C)C)c(F)c(F)c32)C1(C)C. The summed E-state index contributed by atoms with van der Waals surface area (Å²) in [5.41, 5.74) is 0.0900. The van der Waals surface area contributed by atoms with Crippen molar-refractivity contribution >= 4 is 0 Å². The summed E-state index contributed by atoms with van der Waals surface area (Å²) in [6, 6.07) is 0. The molecule has 0 unspecified atom stereocenters. The molecule has 1 aromatic carbocycles. The van der Waals surface area contributed by atoms with E-state index in [1.807, 2.05) is 13.8 Å². The summed E-state index contributed by atoms with van der Waals surface area (Å²) in [4.78, 5) is 0. The summed E-state index contributed by atoms with van der Waals surface area (Å²) in [5.74, 6) is -4.07. The lowest BCUT2D eigenvalue weighted by atomic mass is 9.71. The molecule has 0 heterocycles. The molecule has 2 nitrogen and oxygen atoms in total. The maximum atomic E-state index is 14.8. The summed E-state index contributed by atoms with van der Waals surface area (Å²) in [7, 11) is 1.56. The Kier molecular flexibility index (Phi) is 3.47. The average Bonchev–Trinajstić information content (AvgIpc) is 2.93. The number of methoxy groups -OCH3 is 1. The van der Waals surface area contributed by atoms with Crippen LogP contribution in [0.25, 0.3) is 0 Å². The summed E-state index contributed by atoms with van der Waals surface area (Å²) >= 11 is 0. The van der Waals surface area contributed by atoms with Gasteiger partial charge in [-0.2, -0.15) is 4.39 Å². The highest BCUT2D eigenvalue weighted by atomic mass is 19.2. The Labute approximate surface area is 128 Å². The van der Waals surface area contributed by atoms with Crippen LogP contribution >= 0.6 is 0 Å². The van der Waals surface area contributed by atoms with Crippen LogP contribution < -0.4 is 4.74 Å². The largest absolute Gasteiger partial charge is 0.485 e. The standard InChI is InChI=1S/C17H21F3O2/c1-7(2)22-15-13(19)11-9-6-8(10(11)12(18)14(15)20)16(21-5)17(9,3)4/h7-9,16H,6H2,1-5H3/t8-,9+,16+/m0/s1. The third kappa shape index (κ3) is 1.84. The first-order valence-electron chi connectivity index (χ1n) is 7.61. The first-order chi connectivity index (χ1) is 10.2. The molecule has 0 aromatic heterocycles. The zero-order valence-corrected chi connectivity index (χ0v) is 13.5. The Hall–Kier alpha value is -1.23. The molecule has 1 aromatic rings. The highest BCUT2D eigenvalue weighted by Crippen LogP contribution is 2.64. The normalized spacial score (nSPS) is 28.3. The molecular formula is C17H21F3O2. The molecule has 1 saturated carbocycles. The van der Waals surface area contributed by atoms with Gasteiger partial charge >= 0.3 is 0 Å². The van der Waals surface area contributed by atoms with Crippen LogP contribution in [0, 0.1) is 22.9 Å². The lowest BCUT2D eigenvalue weighted by Crippen LogP contribution is -2.37. The van der Waals surface area contributed by atoms with Crippen LogP contribution in [0.1, 0.15) is 57.1 Å². The topological polar surface area (TPSA) is 18.5 Å². The van der Waals surface area contributed by atoms with Gasteiger partial charge in [-0.15, -0.1) is 0 Å². The van der Waals surface area contributed by atoms with Crippen molar-refractivity contribution in [3.8, 4) is 5.75 Å². The number of hydrogen-bond donors (Lipinski definition) is 0. The highest BCUT2D eigenvalue weighted by Gasteiger charge is 2.59. The van der Waals surface area contributed by atoms with E-state index < -0.39 is 29.3 Å². The number of hydrogen-bond acceptors (Lipinski definition) is 2. The summed E-state index contributed by atoms with van der Waals surface area (Å²) in [6.07, 6.45) is -0.0888. The molecule has 0 saturated heterocycles. The fraction of sp³-hybridized carbons (Fsp3) is 0.647. The number of ether oxygens (including phenoxy) is 2. The van der Waals surface area contributed by atoms with Gasteiger partial charge in [0, 0.05) is 24.2 Å². The quantitative estimate of drug-likeness (QED) is 0.764. The van der Waals surface area contributed by atoms with Crippen LogP contribution in [0.3, 0.4) is 0 Å². The van der Waals surface area contributed by atoms with Gasteiger partial charge in [0.1, 0.15) is 0 Å². The van der Waals surface area contributed by atoms with E-state index in [1.54, 1.807) is 21.0 Å². The predicted octanol–water partition coefficient (Wildman–Crippen LogP) is 4.52. The van der Waals surface area contributed by atoms with Crippen LogP contribution in [-0.4, -0.2) is 19.3 Å². The Morgan fingerprint density at radius 2 is 1.68 bits per heavy atom. The second kappa shape index (κ2) is 4.88. The molecule has 0 amide bonds. The molecule has 0 aliphatic heterocycles.